The van der Waals surface area contributed by atoms with Crippen LogP contribution in [0.5, 0.6) is 5.75 Å². The summed E-state index contributed by atoms with van der Waals surface area (Å²) in [6.45, 7) is 0. The Morgan fingerprint density at radius 1 is 1.17 bits per heavy atom. The largest absolute Gasteiger partial charge is 0.496 e. The molecule has 3 aromatic rings. The van der Waals surface area contributed by atoms with E-state index in [4.69, 9.17) is 4.74 Å². The number of thioether (sulfide) groups is 1. The fourth-order valence-corrected chi connectivity index (χ4v) is 2.82. The van der Waals surface area contributed by atoms with Crippen molar-refractivity contribution in [2.24, 2.45) is 7.05 Å². The molecular formula is C17H19N5OS. The van der Waals surface area contributed by atoms with Gasteiger partial charge in [0.05, 0.1) is 7.11 Å². The van der Waals surface area contributed by atoms with Crippen molar-refractivity contribution in [3.05, 3.63) is 60.2 Å². The first-order valence-electron chi connectivity index (χ1n) is 7.47. The zero-order valence-corrected chi connectivity index (χ0v) is 14.6. The van der Waals surface area contributed by atoms with Crippen LogP contribution < -0.4 is 10.1 Å². The lowest BCUT2D eigenvalue weighted by atomic mass is 10.0. The molecule has 0 amide bonds. The lowest BCUT2D eigenvalue weighted by Crippen LogP contribution is -2.18. The lowest BCUT2D eigenvalue weighted by Gasteiger charge is -2.21. The molecule has 2 heterocycles. The highest BCUT2D eigenvalue weighted by molar-refractivity contribution is 7.98. The van der Waals surface area contributed by atoms with Gasteiger partial charge in [0.2, 0.25) is 0 Å². The zero-order chi connectivity index (χ0) is 16.9. The van der Waals surface area contributed by atoms with Crippen LogP contribution in [0, 0.1) is 0 Å². The Bertz CT molecular complexity index is 803. The van der Waals surface area contributed by atoms with Crippen molar-refractivity contribution in [2.45, 2.75) is 11.1 Å². The van der Waals surface area contributed by atoms with Crippen LogP contribution in [0.3, 0.4) is 0 Å². The molecule has 0 aliphatic rings. The molecule has 1 N–H and O–H groups in total. The number of methoxy groups -OCH3 is 1. The van der Waals surface area contributed by atoms with Gasteiger partial charge in [-0.25, -0.2) is 4.98 Å². The molecule has 1 atom stereocenters. The smallest absolute Gasteiger partial charge is 0.149 e. The quantitative estimate of drug-likeness (QED) is 0.695. The third kappa shape index (κ3) is 3.35. The normalized spacial score (nSPS) is 12.0. The Morgan fingerprint density at radius 3 is 2.62 bits per heavy atom. The number of aryl methyl sites for hydroxylation is 1. The van der Waals surface area contributed by atoms with Gasteiger partial charge in [-0.15, -0.1) is 22.0 Å². The summed E-state index contributed by atoms with van der Waals surface area (Å²) in [4.78, 5) is 4.49. The van der Waals surface area contributed by atoms with E-state index in [0.717, 1.165) is 22.2 Å². The van der Waals surface area contributed by atoms with Crippen molar-refractivity contribution < 1.29 is 4.74 Å². The molecule has 0 aliphatic carbocycles. The Morgan fingerprint density at radius 2 is 2.00 bits per heavy atom. The van der Waals surface area contributed by atoms with Crippen molar-refractivity contribution in [3.63, 3.8) is 0 Å². The first kappa shape index (κ1) is 16.3. The summed E-state index contributed by atoms with van der Waals surface area (Å²) >= 11 is 1.56. The molecule has 0 fully saturated rings. The standard InChI is InChI=1S/C17H19N5OS/c1-22-11-10-18-17(22)16(12-6-4-5-7-13(12)23-2)19-14-8-9-15(24-3)21-20-14/h4-11,16H,1-3H3,(H,19,20). The predicted octanol–water partition coefficient (Wildman–Crippen LogP) is 3.14. The van der Waals surface area contributed by atoms with Crippen LogP contribution in [0.25, 0.3) is 0 Å². The Balaban J connectivity index is 2.00. The second-order valence-electron chi connectivity index (χ2n) is 5.18. The van der Waals surface area contributed by atoms with E-state index in [0.29, 0.717) is 5.82 Å². The van der Waals surface area contributed by atoms with Crippen molar-refractivity contribution in [1.29, 1.82) is 0 Å². The molecule has 3 rings (SSSR count). The Kier molecular flexibility index (Phi) is 5.00. The topological polar surface area (TPSA) is 64.9 Å². The number of hydrogen-bond donors (Lipinski definition) is 1. The van der Waals surface area contributed by atoms with Crippen molar-refractivity contribution in [2.75, 3.05) is 18.7 Å². The summed E-state index contributed by atoms with van der Waals surface area (Å²) in [6, 6.07) is 11.6. The average molecular weight is 341 g/mol. The van der Waals surface area contributed by atoms with Crippen LogP contribution in [0.4, 0.5) is 5.82 Å². The number of ether oxygens (including phenoxy) is 1. The first-order chi connectivity index (χ1) is 11.7. The number of anilines is 1. The molecule has 1 aromatic carbocycles. The number of nitrogens with zero attached hydrogens (tertiary/aromatic N) is 4. The van der Waals surface area contributed by atoms with Crippen LogP contribution in [-0.4, -0.2) is 33.1 Å². The van der Waals surface area contributed by atoms with Crippen LogP contribution >= 0.6 is 11.8 Å². The number of benzene rings is 1. The maximum atomic E-state index is 5.52. The highest BCUT2D eigenvalue weighted by atomic mass is 32.2. The summed E-state index contributed by atoms with van der Waals surface area (Å²) in [5.41, 5.74) is 0.991. The molecule has 6 nitrogen and oxygen atoms in total. The van der Waals surface area contributed by atoms with Crippen LogP contribution in [0.2, 0.25) is 0 Å². The number of para-hydroxylation sites is 1. The Labute approximate surface area is 145 Å². The van der Waals surface area contributed by atoms with Gasteiger partial charge in [-0.1, -0.05) is 18.2 Å². The minimum Gasteiger partial charge on any atom is -0.496 e. The van der Waals surface area contributed by atoms with Gasteiger partial charge < -0.3 is 14.6 Å². The second kappa shape index (κ2) is 7.35. The molecule has 7 heteroatoms. The molecule has 1 unspecified atom stereocenters. The van der Waals surface area contributed by atoms with Crippen LogP contribution in [-0.2, 0) is 7.05 Å². The van der Waals surface area contributed by atoms with E-state index < -0.39 is 0 Å². The van der Waals surface area contributed by atoms with Gasteiger partial charge in [0.25, 0.3) is 0 Å². The molecule has 0 radical (unpaired) electrons. The summed E-state index contributed by atoms with van der Waals surface area (Å²) in [6.07, 6.45) is 5.67. The summed E-state index contributed by atoms with van der Waals surface area (Å²) < 4.78 is 7.50. The van der Waals surface area contributed by atoms with E-state index in [2.05, 4.69) is 20.5 Å². The molecule has 0 saturated heterocycles. The van der Waals surface area contributed by atoms with Gasteiger partial charge in [0.1, 0.15) is 28.5 Å². The van der Waals surface area contributed by atoms with E-state index >= 15 is 0 Å². The van der Waals surface area contributed by atoms with Crippen molar-refractivity contribution in [1.82, 2.24) is 19.7 Å². The van der Waals surface area contributed by atoms with Crippen LogP contribution in [0.1, 0.15) is 17.4 Å². The summed E-state index contributed by atoms with van der Waals surface area (Å²) in [5, 5.41) is 12.7. The van der Waals surface area contributed by atoms with Gasteiger partial charge in [0, 0.05) is 25.0 Å². The van der Waals surface area contributed by atoms with Crippen molar-refractivity contribution in [3.8, 4) is 5.75 Å². The minimum atomic E-state index is -0.199. The molecular weight excluding hydrogens is 322 g/mol. The molecule has 2 aromatic heterocycles. The highest BCUT2D eigenvalue weighted by Crippen LogP contribution is 2.31. The third-order valence-electron chi connectivity index (χ3n) is 3.71. The SMILES string of the molecule is COc1ccccc1C(Nc1ccc(SC)nn1)c1nccn1C. The second-order valence-corrected chi connectivity index (χ2v) is 6.00. The van der Waals surface area contributed by atoms with E-state index in [1.807, 2.05) is 60.5 Å². The Hall–Kier alpha value is -2.54. The summed E-state index contributed by atoms with van der Waals surface area (Å²) in [7, 11) is 3.64. The van der Waals surface area contributed by atoms with Gasteiger partial charge in [-0.2, -0.15) is 0 Å². The number of aromatic nitrogens is 4. The van der Waals surface area contributed by atoms with Gasteiger partial charge in [0.15, 0.2) is 0 Å². The van der Waals surface area contributed by atoms with Gasteiger partial charge >= 0.3 is 0 Å². The maximum Gasteiger partial charge on any atom is 0.149 e. The lowest BCUT2D eigenvalue weighted by molar-refractivity contribution is 0.408. The van der Waals surface area contributed by atoms with Gasteiger partial charge in [-0.3, -0.25) is 0 Å². The molecule has 0 saturated carbocycles. The molecule has 0 spiro atoms. The zero-order valence-electron chi connectivity index (χ0n) is 13.8. The number of imidazole rings is 1. The first-order valence-corrected chi connectivity index (χ1v) is 8.69. The predicted molar refractivity (Wildman–Crippen MR) is 95.5 cm³/mol. The monoisotopic (exact) mass is 341 g/mol. The van der Waals surface area contributed by atoms with E-state index in [1.165, 1.54) is 0 Å². The number of nitrogens with one attached hydrogen (secondary N) is 1. The van der Waals surface area contributed by atoms with Gasteiger partial charge in [-0.05, 0) is 24.5 Å². The molecule has 0 bridgehead atoms. The van der Waals surface area contributed by atoms with E-state index in [1.54, 1.807) is 25.1 Å². The van der Waals surface area contributed by atoms with Crippen LogP contribution in [0.15, 0.2) is 53.8 Å². The average Bonchev–Trinajstić information content (AvgIpc) is 3.06. The maximum absolute atomic E-state index is 5.52. The molecule has 0 aliphatic heterocycles. The fourth-order valence-electron chi connectivity index (χ4n) is 2.50. The third-order valence-corrected chi connectivity index (χ3v) is 4.34. The molecule has 124 valence electrons. The minimum absolute atomic E-state index is 0.199. The fraction of sp³-hybridized carbons (Fsp3) is 0.235. The van der Waals surface area contributed by atoms with Crippen molar-refractivity contribution >= 4 is 17.6 Å². The number of rotatable bonds is 6. The summed E-state index contributed by atoms with van der Waals surface area (Å²) in [5.74, 6) is 2.36. The number of hydrogen-bond acceptors (Lipinski definition) is 6. The van der Waals surface area contributed by atoms with E-state index in [-0.39, 0.29) is 6.04 Å². The molecule has 24 heavy (non-hydrogen) atoms. The highest BCUT2D eigenvalue weighted by Gasteiger charge is 2.22. The van der Waals surface area contributed by atoms with E-state index in [9.17, 15) is 0 Å².